The average Bonchev–Trinajstić information content (AvgIpc) is 2.86. The summed E-state index contributed by atoms with van der Waals surface area (Å²) < 4.78 is 1.24. The number of aliphatic imine (C=N–C) groups is 1. The zero-order valence-electron chi connectivity index (χ0n) is 11.5. The monoisotopic (exact) mass is 324 g/mol. The second-order valence-electron chi connectivity index (χ2n) is 5.99. The molecule has 0 aromatic carbocycles. The van der Waals surface area contributed by atoms with E-state index in [0.29, 0.717) is 18.2 Å². The van der Waals surface area contributed by atoms with Crippen LogP contribution in [0.2, 0.25) is 0 Å². The van der Waals surface area contributed by atoms with E-state index in [1.807, 2.05) is 6.20 Å². The number of hydrogen-bond donors (Lipinski definition) is 1. The molecule has 0 spiro atoms. The molecule has 0 aromatic heterocycles. The molecule has 106 valence electrons. The predicted molar refractivity (Wildman–Crippen MR) is 81.8 cm³/mol. The number of likely N-dealkylation sites (tertiary alicyclic amines) is 1. The van der Waals surface area contributed by atoms with Gasteiger partial charge in [0.15, 0.2) is 0 Å². The Balaban J connectivity index is 1.76. The van der Waals surface area contributed by atoms with Gasteiger partial charge in [0.2, 0.25) is 0 Å². The van der Waals surface area contributed by atoms with Crippen molar-refractivity contribution in [2.45, 2.75) is 56.8 Å². The number of nitrogens with zero attached hydrogens (tertiary/aromatic N) is 3. The van der Waals surface area contributed by atoms with Gasteiger partial charge in [-0.1, -0.05) is 0 Å². The summed E-state index contributed by atoms with van der Waals surface area (Å²) in [6.07, 6.45) is 12.6. The van der Waals surface area contributed by atoms with E-state index < -0.39 is 0 Å². The van der Waals surface area contributed by atoms with Crippen molar-refractivity contribution in [1.29, 1.82) is 0 Å². The van der Waals surface area contributed by atoms with Crippen molar-refractivity contribution in [3.63, 3.8) is 0 Å². The molecule has 2 unspecified atom stereocenters. The van der Waals surface area contributed by atoms with Crippen LogP contribution in [-0.2, 0) is 0 Å². The molecule has 5 heteroatoms. The van der Waals surface area contributed by atoms with E-state index in [2.05, 4.69) is 20.9 Å². The predicted octanol–water partition coefficient (Wildman–Crippen LogP) is 0.497. The molecule has 0 amide bonds. The molecular weight excluding hydrogens is 299 g/mol. The van der Waals surface area contributed by atoms with Crippen molar-refractivity contribution in [3.05, 3.63) is 12.3 Å². The number of hydrogen-bond acceptors (Lipinski definition) is 4. The van der Waals surface area contributed by atoms with E-state index in [4.69, 9.17) is 5.73 Å². The van der Waals surface area contributed by atoms with Crippen LogP contribution in [0.3, 0.4) is 0 Å². The Labute approximate surface area is 124 Å². The molecule has 0 bridgehead atoms. The third kappa shape index (κ3) is 2.91. The molecule has 2 N–H and O–H groups in total. The van der Waals surface area contributed by atoms with E-state index in [9.17, 15) is 0 Å². The molecule has 3 atom stereocenters. The standard InChI is InChI=1S/C14H25AsN4/c15-14-17-8-6-13(18-9-7-11(16)10-18)19(14)12-4-2-1-3-5-12/h6,8,11-13H,1-5,7,9-10,15-16H2/t11-,13?/m0/s1. The number of amidine groups is 1. The molecule has 0 aromatic rings. The number of nitrogens with two attached hydrogens (primary N) is 1. The first kappa shape index (κ1) is 13.7. The fourth-order valence-corrected chi connectivity index (χ4v) is 4.55. The van der Waals surface area contributed by atoms with Crippen molar-refractivity contribution in [1.82, 2.24) is 9.80 Å². The van der Waals surface area contributed by atoms with Gasteiger partial charge in [-0.25, -0.2) is 0 Å². The topological polar surface area (TPSA) is 44.9 Å². The summed E-state index contributed by atoms with van der Waals surface area (Å²) >= 11 is 1.65. The van der Waals surface area contributed by atoms with Crippen LogP contribution < -0.4 is 5.73 Å². The van der Waals surface area contributed by atoms with Gasteiger partial charge in [0, 0.05) is 0 Å². The van der Waals surface area contributed by atoms with Gasteiger partial charge in [-0.2, -0.15) is 0 Å². The van der Waals surface area contributed by atoms with Crippen LogP contribution in [0.5, 0.6) is 0 Å². The molecule has 1 saturated heterocycles. The molecule has 4 nitrogen and oxygen atoms in total. The van der Waals surface area contributed by atoms with E-state index in [0.717, 1.165) is 19.5 Å². The molecular formula is C14H25AsN4. The van der Waals surface area contributed by atoms with Crippen molar-refractivity contribution in [2.75, 3.05) is 13.1 Å². The summed E-state index contributed by atoms with van der Waals surface area (Å²) in [4.78, 5) is 9.67. The first-order chi connectivity index (χ1) is 9.25. The zero-order valence-corrected chi connectivity index (χ0v) is 14.0. The van der Waals surface area contributed by atoms with Gasteiger partial charge in [-0.05, 0) is 0 Å². The zero-order chi connectivity index (χ0) is 13.2. The van der Waals surface area contributed by atoms with Gasteiger partial charge in [-0.15, -0.1) is 0 Å². The van der Waals surface area contributed by atoms with Crippen LogP contribution in [0.25, 0.3) is 0 Å². The maximum atomic E-state index is 6.08. The minimum absolute atomic E-state index is 0.353. The summed E-state index contributed by atoms with van der Waals surface area (Å²) in [6, 6.07) is 1.04. The fraction of sp³-hybridized carbons (Fsp3) is 0.786. The van der Waals surface area contributed by atoms with E-state index in [-0.39, 0.29) is 0 Å². The van der Waals surface area contributed by atoms with E-state index in [1.165, 1.54) is 36.7 Å². The third-order valence-electron chi connectivity index (χ3n) is 4.61. The SMILES string of the molecule is N[C@H]1CCN(C2C=CN=C([AsH2])N2C2CCCCC2)C1. The molecule has 1 aliphatic carbocycles. The Hall–Kier alpha value is -0.312. The summed E-state index contributed by atoms with van der Waals surface area (Å²) in [5.41, 5.74) is 6.08. The summed E-state index contributed by atoms with van der Waals surface area (Å²) in [7, 11) is 0. The maximum absolute atomic E-state index is 6.08. The van der Waals surface area contributed by atoms with Gasteiger partial charge < -0.3 is 0 Å². The Kier molecular flexibility index (Phi) is 4.30. The summed E-state index contributed by atoms with van der Waals surface area (Å²) in [5.74, 6) is 0. The summed E-state index contributed by atoms with van der Waals surface area (Å²) in [5, 5.41) is 0. The van der Waals surface area contributed by atoms with Crippen molar-refractivity contribution < 1.29 is 0 Å². The third-order valence-corrected chi connectivity index (χ3v) is 5.55. The molecule has 1 saturated carbocycles. The first-order valence-corrected chi connectivity index (χ1v) is 8.75. The molecule has 3 rings (SSSR count). The first-order valence-electron chi connectivity index (χ1n) is 7.53. The fourth-order valence-electron chi connectivity index (χ4n) is 3.61. The van der Waals surface area contributed by atoms with Gasteiger partial charge in [0.1, 0.15) is 0 Å². The quantitative estimate of drug-likeness (QED) is 0.752. The number of rotatable bonds is 2. The van der Waals surface area contributed by atoms with Gasteiger partial charge in [-0.3, -0.25) is 0 Å². The minimum atomic E-state index is 0.353. The Bertz CT molecular complexity index is 376. The van der Waals surface area contributed by atoms with Crippen LogP contribution in [-0.4, -0.2) is 62.6 Å². The van der Waals surface area contributed by atoms with Crippen LogP contribution in [0, 0.1) is 0 Å². The van der Waals surface area contributed by atoms with E-state index >= 15 is 0 Å². The average molecular weight is 324 g/mol. The Morgan fingerprint density at radius 2 is 2.00 bits per heavy atom. The Morgan fingerprint density at radius 1 is 1.21 bits per heavy atom. The van der Waals surface area contributed by atoms with Crippen LogP contribution in [0.15, 0.2) is 17.3 Å². The van der Waals surface area contributed by atoms with Crippen molar-refractivity contribution in [2.24, 2.45) is 10.7 Å². The van der Waals surface area contributed by atoms with Crippen molar-refractivity contribution in [3.8, 4) is 0 Å². The molecule has 3 aliphatic rings. The van der Waals surface area contributed by atoms with E-state index in [1.54, 1.807) is 16.9 Å². The van der Waals surface area contributed by atoms with Crippen LogP contribution >= 0.6 is 0 Å². The second-order valence-corrected chi connectivity index (χ2v) is 7.07. The van der Waals surface area contributed by atoms with Crippen LogP contribution in [0.1, 0.15) is 38.5 Å². The molecule has 0 radical (unpaired) electrons. The normalized spacial score (nSPS) is 33.8. The van der Waals surface area contributed by atoms with Crippen molar-refractivity contribution >= 4 is 21.5 Å². The molecule has 2 aliphatic heterocycles. The Morgan fingerprint density at radius 3 is 2.68 bits per heavy atom. The van der Waals surface area contributed by atoms with Gasteiger partial charge >= 0.3 is 124 Å². The summed E-state index contributed by atoms with van der Waals surface area (Å²) in [6.45, 7) is 2.15. The molecule has 19 heavy (non-hydrogen) atoms. The molecule has 2 fully saturated rings. The van der Waals surface area contributed by atoms with Crippen LogP contribution in [0.4, 0.5) is 0 Å². The second kappa shape index (κ2) is 5.99. The van der Waals surface area contributed by atoms with Gasteiger partial charge in [0.05, 0.1) is 0 Å². The molecule has 2 heterocycles. The van der Waals surface area contributed by atoms with Gasteiger partial charge in [0.25, 0.3) is 0 Å².